The summed E-state index contributed by atoms with van der Waals surface area (Å²) < 4.78 is 39.2. The molecule has 1 saturated heterocycles. The molecule has 0 radical (unpaired) electrons. The molecule has 28 heavy (non-hydrogen) atoms. The van der Waals surface area contributed by atoms with E-state index in [9.17, 15) is 13.2 Å². The van der Waals surface area contributed by atoms with Gasteiger partial charge < -0.3 is 14.4 Å². The standard InChI is InChI=1S/C20H24N2O5S/c1-14-7-6-8-16(20(23)22-11-4-5-12-22)19(14)21-28(24,25)18-13-15(26-2)9-10-17(18)27-3/h6-10,13,21H,4-5,11-12H2,1-3H3. The molecule has 2 aromatic carbocycles. The van der Waals surface area contributed by atoms with E-state index in [4.69, 9.17) is 9.47 Å². The molecule has 0 bridgehead atoms. The van der Waals surface area contributed by atoms with Crippen LogP contribution in [0.1, 0.15) is 28.8 Å². The van der Waals surface area contributed by atoms with Gasteiger partial charge in [0, 0.05) is 19.2 Å². The van der Waals surface area contributed by atoms with Gasteiger partial charge in [0.15, 0.2) is 0 Å². The Morgan fingerprint density at radius 2 is 1.79 bits per heavy atom. The molecule has 0 aliphatic carbocycles. The summed E-state index contributed by atoms with van der Waals surface area (Å²) >= 11 is 0. The smallest absolute Gasteiger partial charge is 0.265 e. The molecule has 3 rings (SSSR count). The van der Waals surface area contributed by atoms with Crippen molar-refractivity contribution in [3.8, 4) is 11.5 Å². The second-order valence-electron chi connectivity index (χ2n) is 6.62. The van der Waals surface area contributed by atoms with Crippen molar-refractivity contribution in [1.82, 2.24) is 4.90 Å². The van der Waals surface area contributed by atoms with Gasteiger partial charge in [-0.3, -0.25) is 9.52 Å². The van der Waals surface area contributed by atoms with Gasteiger partial charge in [-0.05, 0) is 43.5 Å². The van der Waals surface area contributed by atoms with Crippen molar-refractivity contribution in [1.29, 1.82) is 0 Å². The molecule has 8 heteroatoms. The summed E-state index contributed by atoms with van der Waals surface area (Å²) in [5.74, 6) is 0.408. The average molecular weight is 404 g/mol. The van der Waals surface area contributed by atoms with E-state index >= 15 is 0 Å². The van der Waals surface area contributed by atoms with E-state index in [1.54, 1.807) is 36.1 Å². The van der Waals surface area contributed by atoms with Gasteiger partial charge in [-0.2, -0.15) is 0 Å². The van der Waals surface area contributed by atoms with Gasteiger partial charge in [-0.15, -0.1) is 0 Å². The highest BCUT2D eigenvalue weighted by Crippen LogP contribution is 2.32. The van der Waals surface area contributed by atoms with Crippen LogP contribution in [0.25, 0.3) is 0 Å². The zero-order valence-corrected chi connectivity index (χ0v) is 17.0. The first kappa shape index (κ1) is 20.0. The highest BCUT2D eigenvalue weighted by Gasteiger charge is 2.27. The van der Waals surface area contributed by atoms with Crippen LogP contribution in [-0.2, 0) is 10.0 Å². The first-order valence-electron chi connectivity index (χ1n) is 9.01. The molecule has 0 spiro atoms. The first-order chi connectivity index (χ1) is 13.4. The van der Waals surface area contributed by atoms with Crippen LogP contribution in [0.3, 0.4) is 0 Å². The van der Waals surface area contributed by atoms with Crippen LogP contribution in [0.15, 0.2) is 41.3 Å². The molecule has 0 unspecified atom stereocenters. The molecular weight excluding hydrogens is 380 g/mol. The number of sulfonamides is 1. The molecule has 1 fully saturated rings. The van der Waals surface area contributed by atoms with E-state index in [0.29, 0.717) is 30.0 Å². The van der Waals surface area contributed by atoms with Crippen LogP contribution in [0.4, 0.5) is 5.69 Å². The lowest BCUT2D eigenvalue weighted by atomic mass is 10.1. The van der Waals surface area contributed by atoms with Crippen LogP contribution in [0.5, 0.6) is 11.5 Å². The summed E-state index contributed by atoms with van der Waals surface area (Å²) in [6, 6.07) is 9.70. The van der Waals surface area contributed by atoms with Gasteiger partial charge in [0.05, 0.1) is 25.5 Å². The van der Waals surface area contributed by atoms with E-state index in [-0.39, 0.29) is 22.2 Å². The second-order valence-corrected chi connectivity index (χ2v) is 8.27. The van der Waals surface area contributed by atoms with Crippen LogP contribution < -0.4 is 14.2 Å². The third-order valence-corrected chi connectivity index (χ3v) is 6.16. The number of methoxy groups -OCH3 is 2. The largest absolute Gasteiger partial charge is 0.497 e. The maximum Gasteiger partial charge on any atom is 0.265 e. The first-order valence-corrected chi connectivity index (χ1v) is 10.5. The Balaban J connectivity index is 2.03. The number of carbonyl (C=O) groups excluding carboxylic acids is 1. The van der Waals surface area contributed by atoms with Gasteiger partial charge in [0.1, 0.15) is 16.4 Å². The molecule has 1 N–H and O–H groups in total. The van der Waals surface area contributed by atoms with Crippen LogP contribution >= 0.6 is 0 Å². The molecule has 1 amide bonds. The summed E-state index contributed by atoms with van der Waals surface area (Å²) in [6.07, 6.45) is 1.92. The van der Waals surface area contributed by atoms with Crippen LogP contribution in [0, 0.1) is 6.92 Å². The average Bonchev–Trinajstić information content (AvgIpc) is 3.23. The zero-order valence-electron chi connectivity index (χ0n) is 16.2. The van der Waals surface area contributed by atoms with Gasteiger partial charge in [-0.25, -0.2) is 8.42 Å². The van der Waals surface area contributed by atoms with Gasteiger partial charge in [0.2, 0.25) is 0 Å². The van der Waals surface area contributed by atoms with Crippen molar-refractivity contribution in [2.75, 3.05) is 32.0 Å². The number of likely N-dealkylation sites (tertiary alicyclic amines) is 1. The number of rotatable bonds is 6. The molecular formula is C20H24N2O5S. The Kier molecular flexibility index (Phi) is 5.79. The van der Waals surface area contributed by atoms with E-state index in [2.05, 4.69) is 4.72 Å². The van der Waals surface area contributed by atoms with Crippen molar-refractivity contribution in [2.24, 2.45) is 0 Å². The monoisotopic (exact) mass is 404 g/mol. The van der Waals surface area contributed by atoms with Crippen molar-refractivity contribution >= 4 is 21.6 Å². The van der Waals surface area contributed by atoms with E-state index < -0.39 is 10.0 Å². The molecule has 1 aliphatic rings. The Labute approximate surface area is 165 Å². The van der Waals surface area contributed by atoms with Crippen molar-refractivity contribution in [3.05, 3.63) is 47.5 Å². The van der Waals surface area contributed by atoms with Crippen LogP contribution in [-0.4, -0.2) is 46.5 Å². The number of para-hydroxylation sites is 1. The third kappa shape index (κ3) is 3.91. The predicted octanol–water partition coefficient (Wildman–Crippen LogP) is 3.05. The Hall–Kier alpha value is -2.74. The Bertz CT molecular complexity index is 982. The number of nitrogens with zero attached hydrogens (tertiary/aromatic N) is 1. The van der Waals surface area contributed by atoms with Crippen molar-refractivity contribution < 1.29 is 22.7 Å². The maximum absolute atomic E-state index is 13.1. The molecule has 0 saturated carbocycles. The number of ether oxygens (including phenoxy) is 2. The lowest BCUT2D eigenvalue weighted by Gasteiger charge is -2.20. The SMILES string of the molecule is COc1ccc(OC)c(S(=O)(=O)Nc2c(C)cccc2C(=O)N2CCCC2)c1. The summed E-state index contributed by atoms with van der Waals surface area (Å²) in [5, 5.41) is 0. The summed E-state index contributed by atoms with van der Waals surface area (Å²) in [6.45, 7) is 3.13. The highest BCUT2D eigenvalue weighted by molar-refractivity contribution is 7.92. The minimum Gasteiger partial charge on any atom is -0.497 e. The van der Waals surface area contributed by atoms with Crippen LogP contribution in [0.2, 0.25) is 0 Å². The van der Waals surface area contributed by atoms with E-state index in [1.165, 1.54) is 26.4 Å². The zero-order chi connectivity index (χ0) is 20.3. The fourth-order valence-electron chi connectivity index (χ4n) is 3.26. The molecule has 150 valence electrons. The molecule has 0 atom stereocenters. The number of hydrogen-bond acceptors (Lipinski definition) is 5. The fraction of sp³-hybridized carbons (Fsp3) is 0.350. The van der Waals surface area contributed by atoms with E-state index in [1.807, 2.05) is 0 Å². The fourth-order valence-corrected chi connectivity index (χ4v) is 4.59. The van der Waals surface area contributed by atoms with Gasteiger partial charge in [-0.1, -0.05) is 12.1 Å². The second kappa shape index (κ2) is 8.10. The molecule has 1 heterocycles. The Morgan fingerprint density at radius 3 is 2.43 bits per heavy atom. The minimum atomic E-state index is -4.02. The highest BCUT2D eigenvalue weighted by atomic mass is 32.2. The van der Waals surface area contributed by atoms with Crippen molar-refractivity contribution in [3.63, 3.8) is 0 Å². The van der Waals surface area contributed by atoms with Gasteiger partial charge >= 0.3 is 0 Å². The number of anilines is 1. The molecule has 2 aromatic rings. The third-order valence-electron chi connectivity index (χ3n) is 4.79. The molecule has 0 aromatic heterocycles. The maximum atomic E-state index is 13.1. The number of amides is 1. The quantitative estimate of drug-likeness (QED) is 0.800. The lowest BCUT2D eigenvalue weighted by molar-refractivity contribution is 0.0794. The normalized spacial score (nSPS) is 14.0. The summed E-state index contributed by atoms with van der Waals surface area (Å²) in [5.41, 5.74) is 1.28. The van der Waals surface area contributed by atoms with Crippen molar-refractivity contribution in [2.45, 2.75) is 24.7 Å². The predicted molar refractivity (Wildman–Crippen MR) is 107 cm³/mol. The van der Waals surface area contributed by atoms with Gasteiger partial charge in [0.25, 0.3) is 15.9 Å². The topological polar surface area (TPSA) is 84.9 Å². The number of nitrogens with one attached hydrogen (secondary N) is 1. The number of hydrogen-bond donors (Lipinski definition) is 1. The minimum absolute atomic E-state index is 0.0582. The number of carbonyl (C=O) groups is 1. The summed E-state index contributed by atoms with van der Waals surface area (Å²) in [7, 11) is -1.16. The molecule has 1 aliphatic heterocycles. The summed E-state index contributed by atoms with van der Waals surface area (Å²) in [4.78, 5) is 14.6. The Morgan fingerprint density at radius 1 is 1.07 bits per heavy atom. The van der Waals surface area contributed by atoms with E-state index in [0.717, 1.165) is 12.8 Å². The molecule has 7 nitrogen and oxygen atoms in total. The number of benzene rings is 2. The number of aryl methyl sites for hydroxylation is 1. The lowest BCUT2D eigenvalue weighted by Crippen LogP contribution is -2.29.